The van der Waals surface area contributed by atoms with Gasteiger partial charge in [-0.2, -0.15) is 0 Å². The zero-order chi connectivity index (χ0) is 21.6. The van der Waals surface area contributed by atoms with Gasteiger partial charge in [0.2, 0.25) is 17.7 Å². The van der Waals surface area contributed by atoms with Crippen LogP contribution in [0, 0.1) is 11.3 Å². The third-order valence-corrected chi connectivity index (χ3v) is 4.86. The van der Waals surface area contributed by atoms with Crippen LogP contribution in [0.1, 0.15) is 39.2 Å². The van der Waals surface area contributed by atoms with Gasteiger partial charge >= 0.3 is 0 Å². The van der Waals surface area contributed by atoms with Crippen molar-refractivity contribution >= 4 is 23.4 Å². The summed E-state index contributed by atoms with van der Waals surface area (Å²) in [5, 5.41) is 5.84. The molecule has 1 aromatic carbocycles. The highest BCUT2D eigenvalue weighted by Crippen LogP contribution is 2.23. The molecular formula is C22H34N4O3. The van der Waals surface area contributed by atoms with Gasteiger partial charge in [0.1, 0.15) is 0 Å². The number of nitrogens with one attached hydrogen (secondary N) is 2. The lowest BCUT2D eigenvalue weighted by atomic mass is 9.91. The summed E-state index contributed by atoms with van der Waals surface area (Å²) >= 11 is 0. The van der Waals surface area contributed by atoms with E-state index in [2.05, 4.69) is 10.6 Å². The number of likely N-dealkylation sites (tertiary alicyclic amines) is 1. The SMILES string of the molecule is CN(C)CC(=O)Nc1cccc(CNC(=O)C2CCCN(C(=O)C(C)(C)C)C2)c1. The number of rotatable bonds is 6. The first-order chi connectivity index (χ1) is 13.6. The molecule has 0 aliphatic carbocycles. The van der Waals surface area contributed by atoms with Crippen LogP contribution >= 0.6 is 0 Å². The first-order valence-corrected chi connectivity index (χ1v) is 10.2. The van der Waals surface area contributed by atoms with Gasteiger partial charge in [-0.15, -0.1) is 0 Å². The molecule has 0 bridgehead atoms. The molecule has 2 N–H and O–H groups in total. The molecular weight excluding hydrogens is 368 g/mol. The van der Waals surface area contributed by atoms with Crippen molar-refractivity contribution in [3.63, 3.8) is 0 Å². The van der Waals surface area contributed by atoms with Crippen molar-refractivity contribution in [1.82, 2.24) is 15.1 Å². The third kappa shape index (κ3) is 7.16. The van der Waals surface area contributed by atoms with Crippen LogP contribution in [0.25, 0.3) is 0 Å². The fourth-order valence-corrected chi connectivity index (χ4v) is 3.43. The van der Waals surface area contributed by atoms with Gasteiger partial charge in [0.15, 0.2) is 0 Å². The Balaban J connectivity index is 1.89. The van der Waals surface area contributed by atoms with Gasteiger partial charge < -0.3 is 20.4 Å². The van der Waals surface area contributed by atoms with Crippen LogP contribution in [0.2, 0.25) is 0 Å². The quantitative estimate of drug-likeness (QED) is 0.763. The van der Waals surface area contributed by atoms with Crippen molar-refractivity contribution in [2.75, 3.05) is 39.0 Å². The molecule has 1 heterocycles. The van der Waals surface area contributed by atoms with E-state index in [0.29, 0.717) is 31.9 Å². The molecule has 0 saturated carbocycles. The van der Waals surface area contributed by atoms with E-state index in [9.17, 15) is 14.4 Å². The number of nitrogens with zero attached hydrogens (tertiary/aromatic N) is 2. The van der Waals surface area contributed by atoms with Gasteiger partial charge in [-0.1, -0.05) is 32.9 Å². The van der Waals surface area contributed by atoms with E-state index >= 15 is 0 Å². The monoisotopic (exact) mass is 402 g/mol. The van der Waals surface area contributed by atoms with Gasteiger partial charge in [0.05, 0.1) is 12.5 Å². The summed E-state index contributed by atoms with van der Waals surface area (Å²) in [5.41, 5.74) is 1.19. The van der Waals surface area contributed by atoms with Crippen molar-refractivity contribution in [2.24, 2.45) is 11.3 Å². The summed E-state index contributed by atoms with van der Waals surface area (Å²) in [4.78, 5) is 40.7. The molecule has 1 atom stereocenters. The fourth-order valence-electron chi connectivity index (χ4n) is 3.43. The van der Waals surface area contributed by atoms with E-state index in [1.807, 2.05) is 64.0 Å². The number of carbonyl (C=O) groups is 3. The average molecular weight is 403 g/mol. The van der Waals surface area contributed by atoms with Crippen molar-refractivity contribution in [3.05, 3.63) is 29.8 Å². The smallest absolute Gasteiger partial charge is 0.238 e. The lowest BCUT2D eigenvalue weighted by Gasteiger charge is -2.35. The summed E-state index contributed by atoms with van der Waals surface area (Å²) in [7, 11) is 3.68. The number of piperidine rings is 1. The largest absolute Gasteiger partial charge is 0.352 e. The predicted molar refractivity (Wildman–Crippen MR) is 114 cm³/mol. The average Bonchev–Trinajstić information content (AvgIpc) is 2.64. The lowest BCUT2D eigenvalue weighted by molar-refractivity contribution is -0.142. The summed E-state index contributed by atoms with van der Waals surface area (Å²) in [6.45, 7) is 7.61. The van der Waals surface area contributed by atoms with Crippen LogP contribution in [-0.2, 0) is 20.9 Å². The van der Waals surface area contributed by atoms with Gasteiger partial charge in [-0.25, -0.2) is 0 Å². The standard InChI is InChI=1S/C22H34N4O3/c1-22(2,3)21(29)26-11-7-9-17(14-26)20(28)23-13-16-8-6-10-18(12-16)24-19(27)15-25(4)5/h6,8,10,12,17H,7,9,11,13-15H2,1-5H3,(H,23,28)(H,24,27). The van der Waals surface area contributed by atoms with Crippen molar-refractivity contribution in [3.8, 4) is 0 Å². The molecule has 3 amide bonds. The van der Waals surface area contributed by atoms with E-state index in [-0.39, 0.29) is 23.6 Å². The van der Waals surface area contributed by atoms with Crippen LogP contribution < -0.4 is 10.6 Å². The molecule has 0 radical (unpaired) electrons. The van der Waals surface area contributed by atoms with E-state index in [1.54, 1.807) is 4.90 Å². The molecule has 1 fully saturated rings. The zero-order valence-corrected chi connectivity index (χ0v) is 18.2. The topological polar surface area (TPSA) is 81.8 Å². The lowest BCUT2D eigenvalue weighted by Crippen LogP contribution is -2.48. The minimum atomic E-state index is -0.435. The summed E-state index contributed by atoms with van der Waals surface area (Å²) in [5.74, 6) is -0.199. The van der Waals surface area contributed by atoms with E-state index in [0.717, 1.165) is 18.4 Å². The first kappa shape index (κ1) is 22.9. The van der Waals surface area contributed by atoms with Crippen molar-refractivity contribution in [1.29, 1.82) is 0 Å². The van der Waals surface area contributed by atoms with Crippen LogP contribution in [-0.4, -0.2) is 61.3 Å². The van der Waals surface area contributed by atoms with Crippen LogP contribution in [0.4, 0.5) is 5.69 Å². The number of hydrogen-bond donors (Lipinski definition) is 2. The number of carbonyl (C=O) groups excluding carboxylic acids is 3. The molecule has 29 heavy (non-hydrogen) atoms. The first-order valence-electron chi connectivity index (χ1n) is 10.2. The third-order valence-electron chi connectivity index (χ3n) is 4.86. The normalized spacial score (nSPS) is 17.2. The molecule has 1 saturated heterocycles. The summed E-state index contributed by atoms with van der Waals surface area (Å²) in [6, 6.07) is 7.47. The van der Waals surface area contributed by atoms with E-state index in [1.165, 1.54) is 0 Å². The summed E-state index contributed by atoms with van der Waals surface area (Å²) < 4.78 is 0. The molecule has 0 aromatic heterocycles. The second kappa shape index (κ2) is 9.87. The van der Waals surface area contributed by atoms with Gasteiger partial charge in [0, 0.05) is 30.7 Å². The maximum Gasteiger partial charge on any atom is 0.238 e. The Bertz CT molecular complexity index is 740. The molecule has 0 spiro atoms. The van der Waals surface area contributed by atoms with Crippen LogP contribution in [0.3, 0.4) is 0 Å². The van der Waals surface area contributed by atoms with Gasteiger partial charge in [-0.3, -0.25) is 14.4 Å². The maximum absolute atomic E-state index is 12.6. The number of benzene rings is 1. The fraction of sp³-hybridized carbons (Fsp3) is 0.591. The van der Waals surface area contributed by atoms with Crippen LogP contribution in [0.15, 0.2) is 24.3 Å². The minimum Gasteiger partial charge on any atom is -0.352 e. The molecule has 1 aromatic rings. The number of amides is 3. The van der Waals surface area contributed by atoms with E-state index in [4.69, 9.17) is 0 Å². The van der Waals surface area contributed by atoms with Crippen molar-refractivity contribution in [2.45, 2.75) is 40.2 Å². The Labute approximate surface area is 173 Å². The second-order valence-corrected chi connectivity index (χ2v) is 9.04. The number of likely N-dealkylation sites (N-methyl/N-ethyl adjacent to an activating group) is 1. The molecule has 7 nitrogen and oxygen atoms in total. The minimum absolute atomic E-state index is 0.0292. The number of anilines is 1. The van der Waals surface area contributed by atoms with E-state index < -0.39 is 5.41 Å². The maximum atomic E-state index is 12.6. The Morgan fingerprint density at radius 2 is 1.93 bits per heavy atom. The predicted octanol–water partition coefficient (Wildman–Crippen LogP) is 2.09. The molecule has 1 aliphatic rings. The Morgan fingerprint density at radius 3 is 2.59 bits per heavy atom. The van der Waals surface area contributed by atoms with Gasteiger partial charge in [-0.05, 0) is 44.6 Å². The second-order valence-electron chi connectivity index (χ2n) is 9.04. The van der Waals surface area contributed by atoms with Crippen LogP contribution in [0.5, 0.6) is 0 Å². The van der Waals surface area contributed by atoms with Gasteiger partial charge in [0.25, 0.3) is 0 Å². The molecule has 7 heteroatoms. The van der Waals surface area contributed by atoms with Crippen molar-refractivity contribution < 1.29 is 14.4 Å². The Morgan fingerprint density at radius 1 is 1.21 bits per heavy atom. The highest BCUT2D eigenvalue weighted by molar-refractivity contribution is 5.92. The molecule has 160 valence electrons. The Kier molecular flexibility index (Phi) is 7.79. The molecule has 2 rings (SSSR count). The zero-order valence-electron chi connectivity index (χ0n) is 18.2. The molecule has 1 aliphatic heterocycles. The number of hydrogen-bond acceptors (Lipinski definition) is 4. The summed E-state index contributed by atoms with van der Waals surface area (Å²) in [6.07, 6.45) is 1.63. The highest BCUT2D eigenvalue weighted by atomic mass is 16.2. The highest BCUT2D eigenvalue weighted by Gasteiger charge is 2.33. The molecule has 1 unspecified atom stereocenters. The Hall–Kier alpha value is -2.41.